The number of thiazole rings is 1. The maximum Gasteiger partial charge on any atom is 0.106 e. The van der Waals surface area contributed by atoms with Crippen molar-refractivity contribution in [3.8, 4) is 0 Å². The fraction of sp³-hybridized carbons (Fsp3) is 0.308. The molecule has 1 heterocycles. The summed E-state index contributed by atoms with van der Waals surface area (Å²) in [6.45, 7) is 2.23. The Hall–Kier alpha value is -0.940. The molecule has 0 aliphatic carbocycles. The van der Waals surface area contributed by atoms with Gasteiger partial charge in [-0.05, 0) is 24.7 Å². The maximum absolute atomic E-state index is 5.86. The van der Waals surface area contributed by atoms with Gasteiger partial charge in [-0.1, -0.05) is 23.7 Å². The van der Waals surface area contributed by atoms with Gasteiger partial charge in [0.15, 0.2) is 0 Å². The lowest BCUT2D eigenvalue weighted by atomic mass is 10.2. The van der Waals surface area contributed by atoms with Crippen LogP contribution in [0.2, 0.25) is 5.02 Å². The highest BCUT2D eigenvalue weighted by molar-refractivity contribution is 7.09. The van der Waals surface area contributed by atoms with Crippen molar-refractivity contribution in [2.75, 3.05) is 7.05 Å². The number of halogens is 1. The molecule has 0 atom stereocenters. The Labute approximate surface area is 116 Å². The molecular formula is C13H16ClN3S. The third-order valence-electron chi connectivity index (χ3n) is 2.57. The van der Waals surface area contributed by atoms with Crippen molar-refractivity contribution >= 4 is 22.9 Å². The Morgan fingerprint density at radius 3 is 2.61 bits per heavy atom. The zero-order valence-electron chi connectivity index (χ0n) is 10.3. The summed E-state index contributed by atoms with van der Waals surface area (Å²) in [5.41, 5.74) is 7.88. The predicted octanol–water partition coefficient (Wildman–Crippen LogP) is 2.89. The molecule has 2 rings (SSSR count). The average molecular weight is 282 g/mol. The van der Waals surface area contributed by atoms with Gasteiger partial charge in [0.25, 0.3) is 0 Å². The van der Waals surface area contributed by atoms with E-state index in [2.05, 4.69) is 22.3 Å². The van der Waals surface area contributed by atoms with E-state index < -0.39 is 0 Å². The molecule has 0 saturated heterocycles. The molecule has 0 aliphatic heterocycles. The Morgan fingerprint density at radius 2 is 2.00 bits per heavy atom. The Morgan fingerprint density at radius 1 is 1.28 bits per heavy atom. The van der Waals surface area contributed by atoms with Gasteiger partial charge in [0.2, 0.25) is 0 Å². The Kier molecular flexibility index (Phi) is 4.72. The molecule has 1 aromatic carbocycles. The first-order valence-electron chi connectivity index (χ1n) is 5.73. The maximum atomic E-state index is 5.86. The van der Waals surface area contributed by atoms with Crippen LogP contribution in [-0.4, -0.2) is 16.9 Å². The molecule has 2 aromatic rings. The Bertz CT molecular complexity index is 495. The van der Waals surface area contributed by atoms with Gasteiger partial charge in [-0.25, -0.2) is 4.98 Å². The van der Waals surface area contributed by atoms with Gasteiger partial charge in [-0.15, -0.1) is 11.3 Å². The third kappa shape index (κ3) is 3.78. The first kappa shape index (κ1) is 13.5. The second-order valence-corrected chi connectivity index (χ2v) is 5.61. The topological polar surface area (TPSA) is 42.1 Å². The largest absolute Gasteiger partial charge is 0.325 e. The van der Waals surface area contributed by atoms with E-state index >= 15 is 0 Å². The minimum atomic E-state index is 0.519. The van der Waals surface area contributed by atoms with Gasteiger partial charge < -0.3 is 5.73 Å². The molecular weight excluding hydrogens is 266 g/mol. The smallest absolute Gasteiger partial charge is 0.106 e. The molecule has 0 unspecified atom stereocenters. The van der Waals surface area contributed by atoms with Gasteiger partial charge in [0.05, 0.1) is 5.69 Å². The first-order chi connectivity index (χ1) is 8.67. The minimum Gasteiger partial charge on any atom is -0.325 e. The minimum absolute atomic E-state index is 0.519. The molecule has 96 valence electrons. The van der Waals surface area contributed by atoms with E-state index in [1.54, 1.807) is 11.3 Å². The van der Waals surface area contributed by atoms with E-state index in [9.17, 15) is 0 Å². The van der Waals surface area contributed by atoms with Crippen LogP contribution in [0, 0.1) is 0 Å². The first-order valence-corrected chi connectivity index (χ1v) is 6.99. The summed E-state index contributed by atoms with van der Waals surface area (Å²) in [4.78, 5) is 6.68. The molecule has 18 heavy (non-hydrogen) atoms. The van der Waals surface area contributed by atoms with Gasteiger partial charge in [-0.2, -0.15) is 0 Å². The fourth-order valence-electron chi connectivity index (χ4n) is 1.75. The SMILES string of the molecule is CN(Cc1ccc(Cl)cc1)Cc1csc(CN)n1. The molecule has 0 fully saturated rings. The van der Waals surface area contributed by atoms with E-state index in [0.717, 1.165) is 28.8 Å². The highest BCUT2D eigenvalue weighted by Crippen LogP contribution is 2.14. The zero-order valence-corrected chi connectivity index (χ0v) is 11.8. The van der Waals surface area contributed by atoms with Crippen molar-refractivity contribution in [3.05, 3.63) is 50.9 Å². The average Bonchev–Trinajstić information content (AvgIpc) is 2.79. The number of hydrogen-bond donors (Lipinski definition) is 1. The van der Waals surface area contributed by atoms with Crippen molar-refractivity contribution in [1.29, 1.82) is 0 Å². The van der Waals surface area contributed by atoms with Crippen molar-refractivity contribution in [2.45, 2.75) is 19.6 Å². The second kappa shape index (κ2) is 6.29. The van der Waals surface area contributed by atoms with Crippen molar-refractivity contribution in [2.24, 2.45) is 5.73 Å². The second-order valence-electron chi connectivity index (χ2n) is 4.24. The quantitative estimate of drug-likeness (QED) is 0.916. The van der Waals surface area contributed by atoms with Gasteiger partial charge in [0, 0.05) is 30.0 Å². The van der Waals surface area contributed by atoms with Gasteiger partial charge >= 0.3 is 0 Å². The van der Waals surface area contributed by atoms with Crippen LogP contribution < -0.4 is 5.73 Å². The highest BCUT2D eigenvalue weighted by Gasteiger charge is 2.05. The molecule has 0 aliphatic rings. The molecule has 0 radical (unpaired) electrons. The van der Waals surface area contributed by atoms with Crippen LogP contribution in [-0.2, 0) is 19.6 Å². The number of nitrogens with zero attached hydrogens (tertiary/aromatic N) is 2. The number of nitrogens with two attached hydrogens (primary N) is 1. The van der Waals surface area contributed by atoms with Crippen LogP contribution in [0.5, 0.6) is 0 Å². The zero-order chi connectivity index (χ0) is 13.0. The lowest BCUT2D eigenvalue weighted by Gasteiger charge is -2.15. The molecule has 2 N–H and O–H groups in total. The van der Waals surface area contributed by atoms with Crippen molar-refractivity contribution < 1.29 is 0 Å². The van der Waals surface area contributed by atoms with Crippen LogP contribution in [0.25, 0.3) is 0 Å². The molecule has 0 amide bonds. The van der Waals surface area contributed by atoms with E-state index in [1.165, 1.54) is 5.56 Å². The highest BCUT2D eigenvalue weighted by atomic mass is 35.5. The summed E-state index contributed by atoms with van der Waals surface area (Å²) < 4.78 is 0. The summed E-state index contributed by atoms with van der Waals surface area (Å²) in [5.74, 6) is 0. The number of hydrogen-bond acceptors (Lipinski definition) is 4. The van der Waals surface area contributed by atoms with E-state index in [4.69, 9.17) is 17.3 Å². The lowest BCUT2D eigenvalue weighted by molar-refractivity contribution is 0.315. The Balaban J connectivity index is 1.91. The standard InChI is InChI=1S/C13H16ClN3S/c1-17(7-10-2-4-11(14)5-3-10)8-12-9-18-13(6-15)16-12/h2-5,9H,6-8,15H2,1H3. The molecule has 5 heteroatoms. The van der Waals surface area contributed by atoms with Gasteiger partial charge in [0.1, 0.15) is 5.01 Å². The van der Waals surface area contributed by atoms with Crippen LogP contribution in [0.4, 0.5) is 0 Å². The number of benzene rings is 1. The van der Waals surface area contributed by atoms with E-state index in [-0.39, 0.29) is 0 Å². The summed E-state index contributed by atoms with van der Waals surface area (Å²) in [6.07, 6.45) is 0. The molecule has 1 aromatic heterocycles. The molecule has 0 bridgehead atoms. The summed E-state index contributed by atoms with van der Waals surface area (Å²) in [5, 5.41) is 3.83. The van der Waals surface area contributed by atoms with Crippen LogP contribution in [0.1, 0.15) is 16.3 Å². The summed E-state index contributed by atoms with van der Waals surface area (Å²) in [7, 11) is 2.08. The monoisotopic (exact) mass is 281 g/mol. The fourth-order valence-corrected chi connectivity index (χ4v) is 2.54. The van der Waals surface area contributed by atoms with Crippen LogP contribution >= 0.6 is 22.9 Å². The summed E-state index contributed by atoms with van der Waals surface area (Å²) >= 11 is 7.48. The summed E-state index contributed by atoms with van der Waals surface area (Å²) in [6, 6.07) is 7.93. The van der Waals surface area contributed by atoms with Crippen molar-refractivity contribution in [1.82, 2.24) is 9.88 Å². The van der Waals surface area contributed by atoms with Crippen LogP contribution in [0.3, 0.4) is 0 Å². The van der Waals surface area contributed by atoms with Gasteiger partial charge in [-0.3, -0.25) is 4.90 Å². The molecule has 0 saturated carbocycles. The molecule has 0 spiro atoms. The third-order valence-corrected chi connectivity index (χ3v) is 3.74. The predicted molar refractivity (Wildman–Crippen MR) is 76.6 cm³/mol. The van der Waals surface area contributed by atoms with Crippen molar-refractivity contribution in [3.63, 3.8) is 0 Å². The normalized spacial score (nSPS) is 11.1. The molecule has 3 nitrogen and oxygen atoms in total. The lowest BCUT2D eigenvalue weighted by Crippen LogP contribution is -2.17. The number of rotatable bonds is 5. The van der Waals surface area contributed by atoms with E-state index in [0.29, 0.717) is 6.54 Å². The van der Waals surface area contributed by atoms with Crippen LogP contribution in [0.15, 0.2) is 29.6 Å². The van der Waals surface area contributed by atoms with E-state index in [1.807, 2.05) is 24.3 Å². The number of aromatic nitrogens is 1.